The van der Waals surface area contributed by atoms with Crippen LogP contribution in [0.3, 0.4) is 0 Å². The Balaban J connectivity index is 4.38. The van der Waals surface area contributed by atoms with Crippen molar-refractivity contribution in [3.8, 4) is 0 Å². The van der Waals surface area contributed by atoms with E-state index in [9.17, 15) is 14.4 Å². The van der Waals surface area contributed by atoms with Crippen LogP contribution in [0.25, 0.3) is 0 Å². The Labute approximate surface area is 327 Å². The molecule has 0 amide bonds. The molecule has 1 unspecified atom stereocenters. The molecule has 0 spiro atoms. The van der Waals surface area contributed by atoms with Crippen molar-refractivity contribution in [3.05, 3.63) is 48.6 Å². The average molecular weight is 743 g/mol. The van der Waals surface area contributed by atoms with Crippen LogP contribution < -0.4 is 0 Å². The van der Waals surface area contributed by atoms with Gasteiger partial charge in [-0.1, -0.05) is 185 Å². The van der Waals surface area contributed by atoms with Gasteiger partial charge in [0.1, 0.15) is 13.2 Å². The normalized spacial score (nSPS) is 12.4. The first-order valence-corrected chi connectivity index (χ1v) is 22.1. The second kappa shape index (κ2) is 42.1. The lowest BCUT2D eigenvalue weighted by atomic mass is 10.0. The molecule has 6 nitrogen and oxygen atoms in total. The molecule has 306 valence electrons. The molecule has 0 N–H and O–H groups in total. The average Bonchev–Trinajstić information content (AvgIpc) is 3.15. The van der Waals surface area contributed by atoms with Crippen LogP contribution >= 0.6 is 0 Å². The number of allylic oxidation sites excluding steroid dienone is 8. The van der Waals surface area contributed by atoms with E-state index < -0.39 is 6.10 Å². The van der Waals surface area contributed by atoms with Crippen LogP contribution in [-0.4, -0.2) is 37.2 Å². The molecule has 6 heteroatoms. The Morgan fingerprint density at radius 3 is 1.15 bits per heavy atom. The van der Waals surface area contributed by atoms with Gasteiger partial charge in [0.2, 0.25) is 0 Å². The Morgan fingerprint density at radius 2 is 0.736 bits per heavy atom. The molecule has 0 aliphatic rings. The molecule has 53 heavy (non-hydrogen) atoms. The molecule has 0 saturated heterocycles. The molecule has 0 aliphatic heterocycles. The predicted octanol–water partition coefficient (Wildman–Crippen LogP) is 14.0. The number of unbranched alkanes of at least 4 members (excludes halogenated alkanes) is 20. The zero-order valence-electron chi connectivity index (χ0n) is 34.8. The number of carbonyl (C=O) groups excluding carboxylic acids is 3. The summed E-state index contributed by atoms with van der Waals surface area (Å²) in [5.41, 5.74) is 0. The van der Waals surface area contributed by atoms with Gasteiger partial charge in [0.25, 0.3) is 0 Å². The summed E-state index contributed by atoms with van der Waals surface area (Å²) in [6, 6.07) is 0. The monoisotopic (exact) mass is 743 g/mol. The van der Waals surface area contributed by atoms with E-state index in [0.29, 0.717) is 19.3 Å². The number of hydrogen-bond acceptors (Lipinski definition) is 6. The zero-order chi connectivity index (χ0) is 38.7. The number of hydrogen-bond donors (Lipinski definition) is 0. The molecule has 0 saturated carbocycles. The van der Waals surface area contributed by atoms with E-state index >= 15 is 0 Å². The number of carbonyl (C=O) groups is 3. The third-order valence-corrected chi connectivity index (χ3v) is 9.35. The van der Waals surface area contributed by atoms with Gasteiger partial charge >= 0.3 is 17.9 Å². The highest BCUT2D eigenvalue weighted by Crippen LogP contribution is 2.14. The molecule has 0 aromatic rings. The van der Waals surface area contributed by atoms with Gasteiger partial charge in [0.05, 0.1) is 0 Å². The standard InChI is InChI=1S/C47H82O6/c1-4-7-10-13-16-18-20-22-23-25-26-28-31-34-37-40-46(49)52-43-44(42-51-45(48)39-36-33-30-15-12-9-6-3)53-47(50)41-38-35-32-29-27-24-21-19-17-14-11-8-5-2/h7,10,16,18,22-23,26,28,44H,4-6,8-9,11-15,17,19-21,24-25,27,29-43H2,1-3H3/b10-7-,18-16-,23-22-,28-26-. The minimum atomic E-state index is -0.782. The molecule has 0 bridgehead atoms. The summed E-state index contributed by atoms with van der Waals surface area (Å²) >= 11 is 0. The first-order chi connectivity index (χ1) is 26.0. The Bertz CT molecular complexity index is 949. The van der Waals surface area contributed by atoms with Crippen LogP contribution in [-0.2, 0) is 28.6 Å². The van der Waals surface area contributed by atoms with Crippen molar-refractivity contribution in [1.29, 1.82) is 0 Å². The van der Waals surface area contributed by atoms with Crippen molar-refractivity contribution in [2.24, 2.45) is 0 Å². The Morgan fingerprint density at radius 1 is 0.396 bits per heavy atom. The second-order valence-electron chi connectivity index (χ2n) is 14.6. The van der Waals surface area contributed by atoms with Crippen LogP contribution in [0.15, 0.2) is 48.6 Å². The van der Waals surface area contributed by atoms with E-state index in [1.807, 2.05) is 0 Å². The summed E-state index contributed by atoms with van der Waals surface area (Å²) in [7, 11) is 0. The first-order valence-electron chi connectivity index (χ1n) is 22.1. The van der Waals surface area contributed by atoms with Gasteiger partial charge in [-0.05, 0) is 57.8 Å². The van der Waals surface area contributed by atoms with Crippen molar-refractivity contribution >= 4 is 17.9 Å². The highest BCUT2D eigenvalue weighted by atomic mass is 16.6. The number of ether oxygens (including phenoxy) is 3. The van der Waals surface area contributed by atoms with Crippen LogP contribution in [0, 0.1) is 0 Å². The lowest BCUT2D eigenvalue weighted by Crippen LogP contribution is -2.30. The van der Waals surface area contributed by atoms with Crippen molar-refractivity contribution in [1.82, 2.24) is 0 Å². The lowest BCUT2D eigenvalue weighted by Gasteiger charge is -2.18. The summed E-state index contributed by atoms with van der Waals surface area (Å²) in [5, 5.41) is 0. The van der Waals surface area contributed by atoms with E-state index in [-0.39, 0.29) is 31.1 Å². The van der Waals surface area contributed by atoms with Crippen molar-refractivity contribution in [3.63, 3.8) is 0 Å². The lowest BCUT2D eigenvalue weighted by molar-refractivity contribution is -0.167. The fourth-order valence-corrected chi connectivity index (χ4v) is 6.02. The largest absolute Gasteiger partial charge is 0.462 e. The molecule has 0 rings (SSSR count). The topological polar surface area (TPSA) is 78.9 Å². The predicted molar refractivity (Wildman–Crippen MR) is 224 cm³/mol. The van der Waals surface area contributed by atoms with Crippen molar-refractivity contribution < 1.29 is 28.6 Å². The fraction of sp³-hybridized carbons (Fsp3) is 0.766. The fourth-order valence-electron chi connectivity index (χ4n) is 6.02. The minimum Gasteiger partial charge on any atom is -0.462 e. The molecular formula is C47H82O6. The van der Waals surface area contributed by atoms with Gasteiger partial charge in [-0.3, -0.25) is 14.4 Å². The highest BCUT2D eigenvalue weighted by Gasteiger charge is 2.19. The summed E-state index contributed by atoms with van der Waals surface area (Å²) in [4.78, 5) is 37.5. The molecule has 0 fully saturated rings. The molecule has 0 aromatic carbocycles. The summed E-state index contributed by atoms with van der Waals surface area (Å²) in [6.07, 6.45) is 48.2. The third kappa shape index (κ3) is 40.4. The maximum atomic E-state index is 12.7. The smallest absolute Gasteiger partial charge is 0.306 e. The van der Waals surface area contributed by atoms with Crippen LogP contribution in [0.1, 0.15) is 213 Å². The molecule has 0 radical (unpaired) electrons. The van der Waals surface area contributed by atoms with E-state index in [1.165, 1.54) is 89.9 Å². The SMILES string of the molecule is CC/C=C\C/C=C\C/C=C\C/C=C\CCCCC(=O)OCC(COC(=O)CCCCCCCCC)OC(=O)CCCCCCCCCCCCCCC. The maximum absolute atomic E-state index is 12.7. The number of rotatable bonds is 39. The molecule has 1 atom stereocenters. The zero-order valence-corrected chi connectivity index (χ0v) is 34.8. The van der Waals surface area contributed by atoms with E-state index in [2.05, 4.69) is 69.4 Å². The van der Waals surface area contributed by atoms with Gasteiger partial charge in [0, 0.05) is 19.3 Å². The van der Waals surface area contributed by atoms with E-state index in [0.717, 1.165) is 83.5 Å². The van der Waals surface area contributed by atoms with Crippen molar-refractivity contribution in [2.45, 2.75) is 219 Å². The van der Waals surface area contributed by atoms with Gasteiger partial charge in [0.15, 0.2) is 6.10 Å². The summed E-state index contributed by atoms with van der Waals surface area (Å²) < 4.78 is 16.6. The Hall–Kier alpha value is -2.63. The molecular weight excluding hydrogens is 661 g/mol. The van der Waals surface area contributed by atoms with Gasteiger partial charge in [-0.15, -0.1) is 0 Å². The summed E-state index contributed by atoms with van der Waals surface area (Å²) in [5.74, 6) is -0.935. The maximum Gasteiger partial charge on any atom is 0.306 e. The second-order valence-corrected chi connectivity index (χ2v) is 14.6. The molecule has 0 aliphatic carbocycles. The number of esters is 3. The van der Waals surface area contributed by atoms with Gasteiger partial charge in [-0.2, -0.15) is 0 Å². The minimum absolute atomic E-state index is 0.0845. The highest BCUT2D eigenvalue weighted by molar-refractivity contribution is 5.71. The van der Waals surface area contributed by atoms with Crippen LogP contribution in [0.2, 0.25) is 0 Å². The third-order valence-electron chi connectivity index (χ3n) is 9.35. The summed E-state index contributed by atoms with van der Waals surface area (Å²) in [6.45, 7) is 6.43. The van der Waals surface area contributed by atoms with Crippen LogP contribution in [0.4, 0.5) is 0 Å². The van der Waals surface area contributed by atoms with Gasteiger partial charge < -0.3 is 14.2 Å². The van der Waals surface area contributed by atoms with E-state index in [4.69, 9.17) is 14.2 Å². The Kier molecular flexibility index (Phi) is 40.0. The van der Waals surface area contributed by atoms with Crippen molar-refractivity contribution in [2.75, 3.05) is 13.2 Å². The first kappa shape index (κ1) is 50.4. The van der Waals surface area contributed by atoms with E-state index in [1.54, 1.807) is 0 Å². The molecule has 0 aromatic heterocycles. The van der Waals surface area contributed by atoms with Gasteiger partial charge in [-0.25, -0.2) is 0 Å². The van der Waals surface area contributed by atoms with Crippen LogP contribution in [0.5, 0.6) is 0 Å². The molecule has 0 heterocycles. The quantitative estimate of drug-likeness (QED) is 0.0270.